The molecular weight excluding hydrogens is 234 g/mol. The maximum Gasteiger partial charge on any atom is 0.410 e. The molecule has 1 rings (SSSR count). The van der Waals surface area contributed by atoms with E-state index < -0.39 is 11.7 Å². The van der Waals surface area contributed by atoms with Gasteiger partial charge in [0.15, 0.2) is 5.78 Å². The Morgan fingerprint density at radius 1 is 1.44 bits per heavy atom. The van der Waals surface area contributed by atoms with Crippen molar-refractivity contribution in [1.29, 1.82) is 0 Å². The minimum absolute atomic E-state index is 0.106. The zero-order valence-electron chi connectivity index (χ0n) is 11.3. The maximum atomic E-state index is 11.9. The van der Waals surface area contributed by atoms with Crippen molar-refractivity contribution in [2.75, 3.05) is 26.3 Å². The van der Waals surface area contributed by atoms with Crippen molar-refractivity contribution in [2.45, 2.75) is 26.4 Å². The summed E-state index contributed by atoms with van der Waals surface area (Å²) in [5, 5.41) is 0. The first-order valence-electron chi connectivity index (χ1n) is 6.05. The molecule has 1 amide bonds. The van der Waals surface area contributed by atoms with Crippen LogP contribution in [0.15, 0.2) is 12.7 Å². The molecule has 5 heteroatoms. The number of rotatable bonds is 2. The SMILES string of the molecule is C=CC(=O)C1COCCN(C(=O)OC(C)(C)C)C1. The van der Waals surface area contributed by atoms with Gasteiger partial charge in [-0.25, -0.2) is 4.79 Å². The van der Waals surface area contributed by atoms with Crippen LogP contribution in [0.1, 0.15) is 20.8 Å². The van der Waals surface area contributed by atoms with Crippen molar-refractivity contribution >= 4 is 11.9 Å². The van der Waals surface area contributed by atoms with Crippen LogP contribution in [0.2, 0.25) is 0 Å². The average molecular weight is 255 g/mol. The van der Waals surface area contributed by atoms with Crippen molar-refractivity contribution in [3.8, 4) is 0 Å². The maximum absolute atomic E-state index is 11.9. The van der Waals surface area contributed by atoms with Gasteiger partial charge in [0.05, 0.1) is 19.1 Å². The molecule has 0 aliphatic carbocycles. The molecule has 0 saturated carbocycles. The van der Waals surface area contributed by atoms with Gasteiger partial charge < -0.3 is 14.4 Å². The Hall–Kier alpha value is -1.36. The lowest BCUT2D eigenvalue weighted by Crippen LogP contribution is -2.41. The van der Waals surface area contributed by atoms with Crippen LogP contribution in [0.3, 0.4) is 0 Å². The van der Waals surface area contributed by atoms with E-state index in [9.17, 15) is 9.59 Å². The summed E-state index contributed by atoms with van der Waals surface area (Å²) in [7, 11) is 0. The van der Waals surface area contributed by atoms with E-state index in [-0.39, 0.29) is 11.7 Å². The van der Waals surface area contributed by atoms with Gasteiger partial charge in [-0.05, 0) is 26.8 Å². The third kappa shape index (κ3) is 4.49. The van der Waals surface area contributed by atoms with Crippen molar-refractivity contribution in [1.82, 2.24) is 4.90 Å². The van der Waals surface area contributed by atoms with Gasteiger partial charge >= 0.3 is 6.09 Å². The van der Waals surface area contributed by atoms with E-state index in [4.69, 9.17) is 9.47 Å². The molecule has 18 heavy (non-hydrogen) atoms. The van der Waals surface area contributed by atoms with E-state index in [1.54, 1.807) is 0 Å². The molecule has 1 atom stereocenters. The molecule has 0 bridgehead atoms. The van der Waals surface area contributed by atoms with E-state index in [1.807, 2.05) is 20.8 Å². The van der Waals surface area contributed by atoms with Gasteiger partial charge in [0.1, 0.15) is 5.60 Å². The molecule has 1 fully saturated rings. The zero-order chi connectivity index (χ0) is 13.8. The molecule has 0 N–H and O–H groups in total. The molecule has 1 unspecified atom stereocenters. The third-order valence-corrected chi connectivity index (χ3v) is 2.52. The van der Waals surface area contributed by atoms with Gasteiger partial charge in [-0.15, -0.1) is 0 Å². The fourth-order valence-corrected chi connectivity index (χ4v) is 1.64. The van der Waals surface area contributed by atoms with Crippen LogP contribution in [-0.2, 0) is 14.3 Å². The second kappa shape index (κ2) is 6.00. The normalized spacial score (nSPS) is 21.1. The number of carbonyl (C=O) groups is 2. The topological polar surface area (TPSA) is 55.8 Å². The lowest BCUT2D eigenvalue weighted by Gasteiger charge is -2.27. The second-order valence-corrected chi connectivity index (χ2v) is 5.30. The number of ketones is 1. The summed E-state index contributed by atoms with van der Waals surface area (Å²) in [4.78, 5) is 25.0. The monoisotopic (exact) mass is 255 g/mol. The van der Waals surface area contributed by atoms with E-state index in [0.717, 1.165) is 0 Å². The van der Waals surface area contributed by atoms with Crippen LogP contribution in [0, 0.1) is 5.92 Å². The fraction of sp³-hybridized carbons (Fsp3) is 0.692. The Morgan fingerprint density at radius 3 is 2.67 bits per heavy atom. The number of hydrogen-bond acceptors (Lipinski definition) is 4. The predicted molar refractivity (Wildman–Crippen MR) is 67.3 cm³/mol. The number of ether oxygens (including phenoxy) is 2. The van der Waals surface area contributed by atoms with Gasteiger partial charge in [-0.2, -0.15) is 0 Å². The highest BCUT2D eigenvalue weighted by Gasteiger charge is 2.28. The Labute approximate surface area is 108 Å². The number of carbonyl (C=O) groups excluding carboxylic acids is 2. The van der Waals surface area contributed by atoms with Gasteiger partial charge in [0.25, 0.3) is 0 Å². The summed E-state index contributed by atoms with van der Waals surface area (Å²) in [5.41, 5.74) is -0.539. The van der Waals surface area contributed by atoms with E-state index >= 15 is 0 Å². The predicted octanol–water partition coefficient (Wildman–Crippen LogP) is 1.62. The molecule has 0 aromatic rings. The number of amides is 1. The Balaban J connectivity index is 2.66. The summed E-state index contributed by atoms with van der Waals surface area (Å²) < 4.78 is 10.6. The first kappa shape index (κ1) is 14.7. The van der Waals surface area contributed by atoms with Crippen molar-refractivity contribution < 1.29 is 19.1 Å². The molecule has 0 spiro atoms. The van der Waals surface area contributed by atoms with Crippen LogP contribution >= 0.6 is 0 Å². The van der Waals surface area contributed by atoms with E-state index in [1.165, 1.54) is 11.0 Å². The van der Waals surface area contributed by atoms with Crippen LogP contribution in [-0.4, -0.2) is 48.7 Å². The Bertz CT molecular complexity index is 332. The van der Waals surface area contributed by atoms with Crippen LogP contribution in [0.5, 0.6) is 0 Å². The van der Waals surface area contributed by atoms with Crippen LogP contribution in [0.25, 0.3) is 0 Å². The van der Waals surface area contributed by atoms with Crippen LogP contribution in [0.4, 0.5) is 4.79 Å². The smallest absolute Gasteiger partial charge is 0.410 e. The summed E-state index contributed by atoms with van der Waals surface area (Å²) in [6.07, 6.45) is 0.863. The molecule has 1 aliphatic heterocycles. The minimum Gasteiger partial charge on any atom is -0.444 e. The lowest BCUT2D eigenvalue weighted by molar-refractivity contribution is -0.119. The van der Waals surface area contributed by atoms with Crippen molar-refractivity contribution in [2.24, 2.45) is 5.92 Å². The highest BCUT2D eigenvalue weighted by Crippen LogP contribution is 2.14. The van der Waals surface area contributed by atoms with Crippen molar-refractivity contribution in [3.05, 3.63) is 12.7 Å². The number of allylic oxidation sites excluding steroid dienone is 1. The average Bonchev–Trinajstić information content (AvgIpc) is 2.51. The molecule has 1 saturated heterocycles. The van der Waals surface area contributed by atoms with Crippen molar-refractivity contribution in [3.63, 3.8) is 0 Å². The summed E-state index contributed by atoms with van der Waals surface area (Å²) >= 11 is 0. The molecule has 5 nitrogen and oxygen atoms in total. The summed E-state index contributed by atoms with van der Waals surface area (Å²) in [6, 6.07) is 0. The first-order valence-corrected chi connectivity index (χ1v) is 6.05. The van der Waals surface area contributed by atoms with Gasteiger partial charge in [-0.3, -0.25) is 4.79 Å². The van der Waals surface area contributed by atoms with Gasteiger partial charge in [-0.1, -0.05) is 6.58 Å². The molecule has 0 radical (unpaired) electrons. The first-order chi connectivity index (χ1) is 8.33. The van der Waals surface area contributed by atoms with E-state index in [2.05, 4.69) is 6.58 Å². The minimum atomic E-state index is -0.539. The Kier molecular flexibility index (Phi) is 4.90. The molecular formula is C13H21NO4. The number of nitrogens with zero attached hydrogens (tertiary/aromatic N) is 1. The molecule has 1 heterocycles. The highest BCUT2D eigenvalue weighted by molar-refractivity contribution is 5.91. The third-order valence-electron chi connectivity index (χ3n) is 2.52. The highest BCUT2D eigenvalue weighted by atomic mass is 16.6. The molecule has 102 valence electrons. The lowest BCUT2D eigenvalue weighted by atomic mass is 10.1. The summed E-state index contributed by atoms with van der Waals surface area (Å²) in [5.74, 6) is -0.456. The molecule has 0 aromatic carbocycles. The van der Waals surface area contributed by atoms with Crippen LogP contribution < -0.4 is 0 Å². The quantitative estimate of drug-likeness (QED) is 0.704. The van der Waals surface area contributed by atoms with Gasteiger partial charge in [0.2, 0.25) is 0 Å². The second-order valence-electron chi connectivity index (χ2n) is 5.30. The molecule has 0 aromatic heterocycles. The van der Waals surface area contributed by atoms with Gasteiger partial charge in [0, 0.05) is 13.1 Å². The molecule has 1 aliphatic rings. The van der Waals surface area contributed by atoms with E-state index in [0.29, 0.717) is 26.3 Å². The standard InChI is InChI=1S/C13H21NO4/c1-5-11(15)10-8-14(6-7-17-9-10)12(16)18-13(2,3)4/h5,10H,1,6-9H2,2-4H3. The number of hydrogen-bond donors (Lipinski definition) is 0. The largest absolute Gasteiger partial charge is 0.444 e. The Morgan fingerprint density at radius 2 is 2.11 bits per heavy atom. The fourth-order valence-electron chi connectivity index (χ4n) is 1.64. The summed E-state index contributed by atoms with van der Waals surface area (Å²) in [6.45, 7) is 10.4. The zero-order valence-corrected chi connectivity index (χ0v) is 11.3.